The first-order valence-corrected chi connectivity index (χ1v) is 5.89. The van der Waals surface area contributed by atoms with Gasteiger partial charge < -0.3 is 14.6 Å². The highest BCUT2D eigenvalue weighted by Gasteiger charge is 2.48. The molecular formula is C13H15FO3. The smallest absolute Gasteiger partial charge is 0.140 e. The summed E-state index contributed by atoms with van der Waals surface area (Å²) < 4.78 is 24.6. The Morgan fingerprint density at radius 2 is 2.29 bits per heavy atom. The van der Waals surface area contributed by atoms with E-state index in [1.54, 1.807) is 6.07 Å². The molecule has 3 atom stereocenters. The average molecular weight is 238 g/mol. The number of hydrogen-bond donors (Lipinski definition) is 1. The van der Waals surface area contributed by atoms with Crippen molar-refractivity contribution in [3.8, 4) is 5.75 Å². The quantitative estimate of drug-likeness (QED) is 0.753. The molecule has 0 bridgehead atoms. The highest BCUT2D eigenvalue weighted by atomic mass is 19.1. The maximum absolute atomic E-state index is 13.1. The summed E-state index contributed by atoms with van der Waals surface area (Å²) in [7, 11) is 0. The van der Waals surface area contributed by atoms with Crippen molar-refractivity contribution in [1.82, 2.24) is 0 Å². The molecule has 2 aliphatic heterocycles. The Kier molecular flexibility index (Phi) is 2.38. The van der Waals surface area contributed by atoms with Gasteiger partial charge in [0.1, 0.15) is 17.2 Å². The van der Waals surface area contributed by atoms with Crippen molar-refractivity contribution >= 4 is 0 Å². The Labute approximate surface area is 99.2 Å². The second kappa shape index (κ2) is 3.68. The maximum atomic E-state index is 13.1. The summed E-state index contributed by atoms with van der Waals surface area (Å²) >= 11 is 0. The van der Waals surface area contributed by atoms with E-state index in [9.17, 15) is 9.50 Å². The normalized spacial score (nSPS) is 35.7. The van der Waals surface area contributed by atoms with E-state index in [0.717, 1.165) is 6.42 Å². The first-order chi connectivity index (χ1) is 8.11. The predicted octanol–water partition coefficient (Wildman–Crippen LogP) is 2.19. The zero-order valence-electron chi connectivity index (χ0n) is 9.65. The molecular weight excluding hydrogens is 223 g/mol. The molecule has 0 saturated carbocycles. The molecule has 3 rings (SSSR count). The van der Waals surface area contributed by atoms with Crippen LogP contribution in [0.25, 0.3) is 0 Å². The van der Waals surface area contributed by atoms with Gasteiger partial charge in [0.2, 0.25) is 0 Å². The third kappa shape index (κ3) is 1.63. The van der Waals surface area contributed by atoms with E-state index in [1.165, 1.54) is 12.1 Å². The van der Waals surface area contributed by atoms with Crippen molar-refractivity contribution in [3.63, 3.8) is 0 Å². The molecule has 2 aliphatic rings. The van der Waals surface area contributed by atoms with Crippen molar-refractivity contribution < 1.29 is 19.0 Å². The fourth-order valence-corrected chi connectivity index (χ4v) is 2.74. The molecule has 3 nitrogen and oxygen atoms in total. The lowest BCUT2D eigenvalue weighted by atomic mass is 9.84. The highest BCUT2D eigenvalue weighted by molar-refractivity contribution is 5.39. The first-order valence-electron chi connectivity index (χ1n) is 5.89. The van der Waals surface area contributed by atoms with E-state index in [0.29, 0.717) is 24.3 Å². The topological polar surface area (TPSA) is 38.7 Å². The summed E-state index contributed by atoms with van der Waals surface area (Å²) in [6.07, 6.45) is 0.501. The van der Waals surface area contributed by atoms with Gasteiger partial charge in [-0.25, -0.2) is 4.39 Å². The van der Waals surface area contributed by atoms with Gasteiger partial charge in [-0.3, -0.25) is 0 Å². The Morgan fingerprint density at radius 3 is 3.00 bits per heavy atom. The van der Waals surface area contributed by atoms with Gasteiger partial charge in [0.15, 0.2) is 0 Å². The summed E-state index contributed by atoms with van der Waals surface area (Å²) in [5, 5.41) is 10.1. The van der Waals surface area contributed by atoms with E-state index in [-0.39, 0.29) is 11.9 Å². The predicted molar refractivity (Wildman–Crippen MR) is 59.4 cm³/mol. The van der Waals surface area contributed by atoms with Crippen LogP contribution in [-0.2, 0) is 4.74 Å². The lowest BCUT2D eigenvalue weighted by molar-refractivity contribution is -0.0566. The van der Waals surface area contributed by atoms with Crippen molar-refractivity contribution in [2.45, 2.75) is 37.6 Å². The Hall–Kier alpha value is -1.13. The molecule has 2 heterocycles. The molecule has 0 aromatic heterocycles. The van der Waals surface area contributed by atoms with Crippen LogP contribution in [0.2, 0.25) is 0 Å². The van der Waals surface area contributed by atoms with E-state index in [2.05, 4.69) is 0 Å². The second-order valence-corrected chi connectivity index (χ2v) is 4.83. The molecule has 17 heavy (non-hydrogen) atoms. The van der Waals surface area contributed by atoms with E-state index in [4.69, 9.17) is 9.47 Å². The third-order valence-electron chi connectivity index (χ3n) is 3.82. The average Bonchev–Trinajstić information content (AvgIpc) is 2.62. The second-order valence-electron chi connectivity index (χ2n) is 4.83. The molecule has 1 N–H and O–H groups in total. The Bertz CT molecular complexity index is 448. The number of fused-ring (bicyclic) bond motifs is 1. The van der Waals surface area contributed by atoms with Crippen LogP contribution in [0.15, 0.2) is 18.2 Å². The van der Waals surface area contributed by atoms with Crippen LogP contribution in [0.4, 0.5) is 4.39 Å². The fraction of sp³-hybridized carbons (Fsp3) is 0.538. The van der Waals surface area contributed by atoms with Gasteiger partial charge in [0, 0.05) is 18.4 Å². The monoisotopic (exact) mass is 238 g/mol. The molecule has 2 unspecified atom stereocenters. The minimum absolute atomic E-state index is 0.0460. The number of rotatable bonds is 0. The molecule has 1 spiro atoms. The number of aliphatic hydroxyl groups excluding tert-OH is 1. The fourth-order valence-electron chi connectivity index (χ4n) is 2.74. The van der Waals surface area contributed by atoms with Crippen LogP contribution in [-0.4, -0.2) is 23.4 Å². The van der Waals surface area contributed by atoms with Crippen molar-refractivity contribution in [3.05, 3.63) is 29.6 Å². The molecule has 4 heteroatoms. The molecule has 92 valence electrons. The lowest BCUT2D eigenvalue weighted by Crippen LogP contribution is -2.46. The molecule has 0 aliphatic carbocycles. The Morgan fingerprint density at radius 1 is 1.47 bits per heavy atom. The molecule has 1 saturated heterocycles. The molecule has 0 radical (unpaired) electrons. The summed E-state index contributed by atoms with van der Waals surface area (Å²) in [5.41, 5.74) is 0.0827. The summed E-state index contributed by atoms with van der Waals surface area (Å²) in [4.78, 5) is 0. The van der Waals surface area contributed by atoms with Crippen LogP contribution < -0.4 is 4.74 Å². The third-order valence-corrected chi connectivity index (χ3v) is 3.82. The first kappa shape index (κ1) is 11.0. The largest absolute Gasteiger partial charge is 0.484 e. The molecule has 0 amide bonds. The molecule has 1 aromatic rings. The van der Waals surface area contributed by atoms with Crippen LogP contribution in [0.5, 0.6) is 5.75 Å². The van der Waals surface area contributed by atoms with Gasteiger partial charge in [0.05, 0.1) is 18.8 Å². The van der Waals surface area contributed by atoms with Crippen LogP contribution >= 0.6 is 0 Å². The SMILES string of the molecule is CC1OCCC12C[C@H](O)c1cc(F)ccc1O2. The van der Waals surface area contributed by atoms with Crippen molar-refractivity contribution in [2.75, 3.05) is 6.61 Å². The standard InChI is InChI=1S/C13H15FO3/c1-8-13(4-5-16-8)7-11(15)10-6-9(14)2-3-12(10)17-13/h2-3,6,8,11,15H,4-5,7H2,1H3/t8?,11-,13?/m0/s1. The summed E-state index contributed by atoms with van der Waals surface area (Å²) in [6, 6.07) is 4.28. The van der Waals surface area contributed by atoms with E-state index >= 15 is 0 Å². The summed E-state index contributed by atoms with van der Waals surface area (Å²) in [5.74, 6) is 0.223. The number of benzene rings is 1. The number of halogens is 1. The van der Waals surface area contributed by atoms with E-state index < -0.39 is 11.7 Å². The number of hydrogen-bond acceptors (Lipinski definition) is 3. The highest BCUT2D eigenvalue weighted by Crippen LogP contribution is 2.45. The number of aliphatic hydroxyl groups is 1. The zero-order valence-corrected chi connectivity index (χ0v) is 9.65. The van der Waals surface area contributed by atoms with Crippen LogP contribution in [0.3, 0.4) is 0 Å². The lowest BCUT2D eigenvalue weighted by Gasteiger charge is -2.39. The minimum atomic E-state index is -0.682. The van der Waals surface area contributed by atoms with Gasteiger partial charge in [-0.2, -0.15) is 0 Å². The molecule has 1 fully saturated rings. The van der Waals surface area contributed by atoms with Crippen LogP contribution in [0, 0.1) is 5.82 Å². The number of ether oxygens (including phenoxy) is 2. The minimum Gasteiger partial charge on any atom is -0.484 e. The van der Waals surface area contributed by atoms with Crippen LogP contribution in [0.1, 0.15) is 31.4 Å². The van der Waals surface area contributed by atoms with Crippen molar-refractivity contribution in [1.29, 1.82) is 0 Å². The zero-order chi connectivity index (χ0) is 12.0. The molecule has 1 aromatic carbocycles. The van der Waals surface area contributed by atoms with Gasteiger partial charge in [-0.15, -0.1) is 0 Å². The van der Waals surface area contributed by atoms with Gasteiger partial charge >= 0.3 is 0 Å². The summed E-state index contributed by atoms with van der Waals surface area (Å²) in [6.45, 7) is 2.60. The van der Waals surface area contributed by atoms with Gasteiger partial charge in [-0.05, 0) is 25.1 Å². The van der Waals surface area contributed by atoms with E-state index in [1.807, 2.05) is 6.92 Å². The van der Waals surface area contributed by atoms with Crippen molar-refractivity contribution in [2.24, 2.45) is 0 Å². The van der Waals surface area contributed by atoms with Gasteiger partial charge in [0.25, 0.3) is 0 Å². The maximum Gasteiger partial charge on any atom is 0.140 e. The Balaban J connectivity index is 2.01. The van der Waals surface area contributed by atoms with Gasteiger partial charge in [-0.1, -0.05) is 0 Å².